The Bertz CT molecular complexity index is 547. The van der Waals surface area contributed by atoms with Gasteiger partial charge in [-0.1, -0.05) is 11.6 Å². The predicted molar refractivity (Wildman–Crippen MR) is 69.9 cm³/mol. The highest BCUT2D eigenvalue weighted by Gasteiger charge is 2.35. The fourth-order valence-corrected chi connectivity index (χ4v) is 4.23. The second-order valence-electron chi connectivity index (χ2n) is 4.28. The maximum atomic E-state index is 12.5. The number of hydrogen-bond acceptors (Lipinski definition) is 4. The molecular formula is C11H15ClN2O3S. The Morgan fingerprint density at radius 1 is 1.50 bits per heavy atom. The third-order valence-corrected chi connectivity index (χ3v) is 5.34. The summed E-state index contributed by atoms with van der Waals surface area (Å²) in [5, 5.41) is 9.53. The monoisotopic (exact) mass is 290 g/mol. The van der Waals surface area contributed by atoms with Crippen LogP contribution in [-0.2, 0) is 10.0 Å². The molecule has 7 heteroatoms. The van der Waals surface area contributed by atoms with Crippen LogP contribution in [0.15, 0.2) is 23.1 Å². The first-order valence-corrected chi connectivity index (χ1v) is 7.46. The topological polar surface area (TPSA) is 83.6 Å². The molecular weight excluding hydrogens is 276 g/mol. The van der Waals surface area contributed by atoms with Gasteiger partial charge in [-0.25, -0.2) is 8.42 Å². The van der Waals surface area contributed by atoms with Crippen LogP contribution < -0.4 is 5.73 Å². The van der Waals surface area contributed by atoms with Gasteiger partial charge in [0, 0.05) is 17.6 Å². The number of sulfonamides is 1. The summed E-state index contributed by atoms with van der Waals surface area (Å²) in [6.45, 7) is 0.221. The number of nitrogens with zero attached hydrogens (tertiary/aromatic N) is 1. The highest BCUT2D eigenvalue weighted by Crippen LogP contribution is 2.30. The first kappa shape index (κ1) is 13.6. The summed E-state index contributed by atoms with van der Waals surface area (Å²) in [7, 11) is -3.69. The largest absolute Gasteiger partial charge is 0.398 e. The van der Waals surface area contributed by atoms with Gasteiger partial charge >= 0.3 is 0 Å². The van der Waals surface area contributed by atoms with Crippen LogP contribution in [0.4, 0.5) is 5.69 Å². The minimum Gasteiger partial charge on any atom is -0.398 e. The van der Waals surface area contributed by atoms with Crippen molar-refractivity contribution in [1.82, 2.24) is 4.31 Å². The second-order valence-corrected chi connectivity index (χ2v) is 6.57. The van der Waals surface area contributed by atoms with Crippen LogP contribution in [0.25, 0.3) is 0 Å². The maximum Gasteiger partial charge on any atom is 0.245 e. The van der Waals surface area contributed by atoms with E-state index in [2.05, 4.69) is 0 Å². The Morgan fingerprint density at radius 3 is 2.89 bits per heavy atom. The molecule has 1 unspecified atom stereocenters. The lowest BCUT2D eigenvalue weighted by Gasteiger charge is -2.23. The molecule has 18 heavy (non-hydrogen) atoms. The molecule has 0 saturated carbocycles. The molecule has 1 aromatic rings. The molecule has 1 fully saturated rings. The summed E-state index contributed by atoms with van der Waals surface area (Å²) < 4.78 is 26.2. The fourth-order valence-electron chi connectivity index (χ4n) is 2.17. The first-order valence-electron chi connectivity index (χ1n) is 5.64. The van der Waals surface area contributed by atoms with E-state index in [4.69, 9.17) is 17.3 Å². The van der Waals surface area contributed by atoms with Gasteiger partial charge < -0.3 is 10.8 Å². The standard InChI is InChI=1S/C11H15ClN2O3S/c12-8-3-4-10(13)11(6-8)18(16,17)14-5-1-2-9(14)7-15/h3-4,6,9,15H,1-2,5,7,13H2. The molecule has 0 aromatic heterocycles. The molecule has 3 N–H and O–H groups in total. The van der Waals surface area contributed by atoms with Crippen molar-refractivity contribution in [2.75, 3.05) is 18.9 Å². The minimum atomic E-state index is -3.69. The van der Waals surface area contributed by atoms with E-state index in [0.717, 1.165) is 6.42 Å². The van der Waals surface area contributed by atoms with Gasteiger partial charge in [-0.15, -0.1) is 0 Å². The van der Waals surface area contributed by atoms with Gasteiger partial charge in [0.2, 0.25) is 10.0 Å². The van der Waals surface area contributed by atoms with E-state index in [1.165, 1.54) is 16.4 Å². The van der Waals surface area contributed by atoms with E-state index in [9.17, 15) is 13.5 Å². The number of nitrogens with two attached hydrogens (primary N) is 1. The number of halogens is 1. The second kappa shape index (κ2) is 5.05. The van der Waals surface area contributed by atoms with Crippen LogP contribution in [0.1, 0.15) is 12.8 Å². The normalized spacial score (nSPS) is 21.3. The molecule has 1 aromatic carbocycles. The first-order chi connectivity index (χ1) is 8.46. The van der Waals surface area contributed by atoms with Crippen molar-refractivity contribution in [3.63, 3.8) is 0 Å². The van der Waals surface area contributed by atoms with Crippen molar-refractivity contribution in [3.8, 4) is 0 Å². The number of rotatable bonds is 3. The smallest absolute Gasteiger partial charge is 0.245 e. The Hall–Kier alpha value is -0.820. The van der Waals surface area contributed by atoms with Crippen LogP contribution in [-0.4, -0.2) is 37.0 Å². The number of benzene rings is 1. The van der Waals surface area contributed by atoms with Crippen LogP contribution >= 0.6 is 11.6 Å². The van der Waals surface area contributed by atoms with Gasteiger partial charge in [0.15, 0.2) is 0 Å². The highest BCUT2D eigenvalue weighted by molar-refractivity contribution is 7.89. The molecule has 1 aliphatic rings. The lowest BCUT2D eigenvalue weighted by Crippen LogP contribution is -2.37. The highest BCUT2D eigenvalue weighted by atomic mass is 35.5. The van der Waals surface area contributed by atoms with Crippen molar-refractivity contribution in [3.05, 3.63) is 23.2 Å². The van der Waals surface area contributed by atoms with Crippen LogP contribution in [0.3, 0.4) is 0 Å². The van der Waals surface area contributed by atoms with Crippen LogP contribution in [0.2, 0.25) is 5.02 Å². The average Bonchev–Trinajstić information content (AvgIpc) is 2.81. The van der Waals surface area contributed by atoms with E-state index in [1.54, 1.807) is 6.07 Å². The van der Waals surface area contributed by atoms with Crippen molar-refractivity contribution in [2.45, 2.75) is 23.8 Å². The SMILES string of the molecule is Nc1ccc(Cl)cc1S(=O)(=O)N1CCCC1CO. The minimum absolute atomic E-state index is 0.00958. The lowest BCUT2D eigenvalue weighted by atomic mass is 10.2. The number of anilines is 1. The zero-order valence-electron chi connectivity index (χ0n) is 9.71. The summed E-state index contributed by atoms with van der Waals surface area (Å²) in [5.41, 5.74) is 5.87. The number of aliphatic hydroxyl groups is 1. The summed E-state index contributed by atoms with van der Waals surface area (Å²) in [4.78, 5) is 0.00958. The molecule has 1 atom stereocenters. The number of hydrogen-bond donors (Lipinski definition) is 2. The fraction of sp³-hybridized carbons (Fsp3) is 0.455. The van der Waals surface area contributed by atoms with Crippen LogP contribution in [0, 0.1) is 0 Å². The van der Waals surface area contributed by atoms with Crippen molar-refractivity contribution in [1.29, 1.82) is 0 Å². The third-order valence-electron chi connectivity index (χ3n) is 3.10. The molecule has 0 bridgehead atoms. The Kier molecular flexibility index (Phi) is 3.82. The summed E-state index contributed by atoms with van der Waals surface area (Å²) in [5.74, 6) is 0. The Morgan fingerprint density at radius 2 is 2.22 bits per heavy atom. The van der Waals surface area contributed by atoms with E-state index >= 15 is 0 Å². The van der Waals surface area contributed by atoms with E-state index in [1.807, 2.05) is 0 Å². The van der Waals surface area contributed by atoms with E-state index in [-0.39, 0.29) is 23.2 Å². The molecule has 1 saturated heterocycles. The molecule has 0 amide bonds. The Labute approximate surface area is 111 Å². The molecule has 1 heterocycles. The molecule has 0 radical (unpaired) electrons. The van der Waals surface area contributed by atoms with Gasteiger partial charge in [-0.05, 0) is 31.0 Å². The van der Waals surface area contributed by atoms with E-state index < -0.39 is 10.0 Å². The zero-order valence-corrected chi connectivity index (χ0v) is 11.3. The predicted octanol–water partition coefficient (Wildman–Crippen LogP) is 1.07. The summed E-state index contributed by atoms with van der Waals surface area (Å²) in [6, 6.07) is 4.00. The molecule has 5 nitrogen and oxygen atoms in total. The zero-order chi connectivity index (χ0) is 13.3. The quantitative estimate of drug-likeness (QED) is 0.816. The average molecular weight is 291 g/mol. The van der Waals surface area contributed by atoms with Crippen molar-refractivity contribution < 1.29 is 13.5 Å². The molecule has 0 spiro atoms. The Balaban J connectivity index is 2.45. The number of nitrogen functional groups attached to an aromatic ring is 1. The molecule has 0 aliphatic carbocycles. The van der Waals surface area contributed by atoms with Gasteiger partial charge in [0.25, 0.3) is 0 Å². The van der Waals surface area contributed by atoms with Gasteiger partial charge in [-0.2, -0.15) is 4.31 Å². The van der Waals surface area contributed by atoms with Gasteiger partial charge in [0.05, 0.1) is 12.3 Å². The molecule has 2 rings (SSSR count). The van der Waals surface area contributed by atoms with Gasteiger partial charge in [0.1, 0.15) is 4.90 Å². The molecule has 1 aliphatic heterocycles. The molecule has 100 valence electrons. The van der Waals surface area contributed by atoms with Gasteiger partial charge in [-0.3, -0.25) is 0 Å². The maximum absolute atomic E-state index is 12.5. The number of aliphatic hydroxyl groups excluding tert-OH is 1. The van der Waals surface area contributed by atoms with E-state index in [0.29, 0.717) is 18.0 Å². The third kappa shape index (κ3) is 2.33. The summed E-state index contributed by atoms with van der Waals surface area (Å²) in [6.07, 6.45) is 1.40. The van der Waals surface area contributed by atoms with Crippen molar-refractivity contribution in [2.24, 2.45) is 0 Å². The lowest BCUT2D eigenvalue weighted by molar-refractivity contribution is 0.213. The van der Waals surface area contributed by atoms with Crippen LogP contribution in [0.5, 0.6) is 0 Å². The van der Waals surface area contributed by atoms with Crippen molar-refractivity contribution >= 4 is 27.3 Å². The summed E-state index contributed by atoms with van der Waals surface area (Å²) >= 11 is 5.81.